The summed E-state index contributed by atoms with van der Waals surface area (Å²) >= 11 is 0. The summed E-state index contributed by atoms with van der Waals surface area (Å²) in [6, 6.07) is 0. The predicted molar refractivity (Wildman–Crippen MR) is 45.6 cm³/mol. The Labute approximate surface area is 72.7 Å². The van der Waals surface area contributed by atoms with Gasteiger partial charge < -0.3 is 15.6 Å². The average Bonchev–Trinajstić information content (AvgIpc) is 1.82. The summed E-state index contributed by atoms with van der Waals surface area (Å²) < 4.78 is 4.66. The Kier molecular flexibility index (Phi) is 4.03. The molecule has 1 amide bonds. The van der Waals surface area contributed by atoms with Crippen molar-refractivity contribution in [2.24, 2.45) is 11.1 Å². The lowest BCUT2D eigenvalue weighted by atomic mass is 9.89. The fourth-order valence-corrected chi connectivity index (χ4v) is 0.991. The number of aliphatic hydroxyl groups excluding tert-OH is 1. The zero-order chi connectivity index (χ0) is 9.78. The van der Waals surface area contributed by atoms with Crippen LogP contribution < -0.4 is 5.73 Å². The van der Waals surface area contributed by atoms with Crippen LogP contribution in [0.4, 0.5) is 4.79 Å². The van der Waals surface area contributed by atoms with E-state index in [4.69, 9.17) is 10.8 Å². The molecule has 0 aliphatic rings. The number of hydrogen-bond acceptors (Lipinski definition) is 3. The molecule has 0 aromatic heterocycles. The lowest BCUT2D eigenvalue weighted by Gasteiger charge is -2.23. The molecule has 0 saturated heterocycles. The maximum atomic E-state index is 10.3. The summed E-state index contributed by atoms with van der Waals surface area (Å²) in [7, 11) is 0. The van der Waals surface area contributed by atoms with Gasteiger partial charge in [0.25, 0.3) is 0 Å². The second-order valence-electron chi connectivity index (χ2n) is 4.01. The molecule has 1 atom stereocenters. The molecule has 3 N–H and O–H groups in total. The van der Waals surface area contributed by atoms with Crippen molar-refractivity contribution in [3.8, 4) is 0 Å². The van der Waals surface area contributed by atoms with Crippen molar-refractivity contribution in [2.75, 3.05) is 6.61 Å². The van der Waals surface area contributed by atoms with Crippen LogP contribution in [0.3, 0.4) is 0 Å². The number of rotatable bonds is 3. The number of amides is 1. The SMILES string of the molecule is CC(C)(C)C[C@H](CO)OC(N)=O. The fraction of sp³-hybridized carbons (Fsp3) is 0.875. The molecule has 0 aromatic carbocycles. The highest BCUT2D eigenvalue weighted by Crippen LogP contribution is 2.21. The molecule has 0 fully saturated rings. The minimum atomic E-state index is -0.835. The number of ether oxygens (including phenoxy) is 1. The van der Waals surface area contributed by atoms with Crippen LogP contribution in [-0.4, -0.2) is 23.9 Å². The first-order valence-corrected chi connectivity index (χ1v) is 3.92. The Morgan fingerprint density at radius 2 is 2.08 bits per heavy atom. The molecule has 0 aromatic rings. The molecule has 12 heavy (non-hydrogen) atoms. The van der Waals surface area contributed by atoms with Gasteiger partial charge in [0, 0.05) is 0 Å². The maximum Gasteiger partial charge on any atom is 0.404 e. The third kappa shape index (κ3) is 5.97. The van der Waals surface area contributed by atoms with Crippen LogP contribution >= 0.6 is 0 Å². The maximum absolute atomic E-state index is 10.3. The van der Waals surface area contributed by atoms with E-state index < -0.39 is 12.2 Å². The Morgan fingerprint density at radius 1 is 1.58 bits per heavy atom. The molecule has 0 bridgehead atoms. The molecule has 0 aliphatic carbocycles. The molecule has 0 unspecified atom stereocenters. The van der Waals surface area contributed by atoms with E-state index in [9.17, 15) is 4.79 Å². The van der Waals surface area contributed by atoms with Crippen molar-refractivity contribution < 1.29 is 14.6 Å². The third-order valence-corrected chi connectivity index (χ3v) is 1.33. The van der Waals surface area contributed by atoms with Crippen LogP contribution in [0.25, 0.3) is 0 Å². The van der Waals surface area contributed by atoms with E-state index in [1.165, 1.54) is 0 Å². The largest absolute Gasteiger partial charge is 0.444 e. The van der Waals surface area contributed by atoms with E-state index in [0.29, 0.717) is 6.42 Å². The molecule has 72 valence electrons. The lowest BCUT2D eigenvalue weighted by Crippen LogP contribution is -2.29. The quantitative estimate of drug-likeness (QED) is 0.668. The summed E-state index contributed by atoms with van der Waals surface area (Å²) in [6.45, 7) is 5.82. The van der Waals surface area contributed by atoms with Gasteiger partial charge in [-0.1, -0.05) is 20.8 Å². The Balaban J connectivity index is 3.92. The van der Waals surface area contributed by atoms with Gasteiger partial charge in [0.1, 0.15) is 6.10 Å². The Morgan fingerprint density at radius 3 is 2.33 bits per heavy atom. The first-order chi connectivity index (χ1) is 5.35. The summed E-state index contributed by atoms with van der Waals surface area (Å²) in [5, 5.41) is 8.81. The van der Waals surface area contributed by atoms with Gasteiger partial charge in [-0.25, -0.2) is 4.79 Å². The van der Waals surface area contributed by atoms with Gasteiger partial charge in [0.2, 0.25) is 0 Å². The Bertz CT molecular complexity index is 151. The van der Waals surface area contributed by atoms with Gasteiger partial charge >= 0.3 is 6.09 Å². The smallest absolute Gasteiger partial charge is 0.404 e. The van der Waals surface area contributed by atoms with Crippen LogP contribution in [0.15, 0.2) is 0 Å². The molecular weight excluding hydrogens is 158 g/mol. The standard InChI is InChI=1S/C8H17NO3/c1-8(2,3)4-6(5-10)12-7(9)11/h6,10H,4-5H2,1-3H3,(H2,9,11)/t6-/m1/s1. The van der Waals surface area contributed by atoms with Gasteiger partial charge in [-0.05, 0) is 11.8 Å². The highest BCUT2D eigenvalue weighted by atomic mass is 16.6. The first-order valence-electron chi connectivity index (χ1n) is 3.92. The third-order valence-electron chi connectivity index (χ3n) is 1.33. The zero-order valence-corrected chi connectivity index (χ0v) is 7.83. The molecular formula is C8H17NO3. The average molecular weight is 175 g/mol. The van der Waals surface area contributed by atoms with Crippen molar-refractivity contribution in [1.82, 2.24) is 0 Å². The van der Waals surface area contributed by atoms with Crippen LogP contribution in [0, 0.1) is 5.41 Å². The van der Waals surface area contributed by atoms with E-state index in [1.54, 1.807) is 0 Å². The van der Waals surface area contributed by atoms with Crippen LogP contribution in [0.2, 0.25) is 0 Å². The summed E-state index contributed by atoms with van der Waals surface area (Å²) in [4.78, 5) is 10.3. The molecule has 0 aliphatic heterocycles. The Hall–Kier alpha value is -0.770. The summed E-state index contributed by atoms with van der Waals surface area (Å²) in [5.41, 5.74) is 4.83. The van der Waals surface area contributed by atoms with E-state index in [2.05, 4.69) is 4.74 Å². The number of hydrogen-bond donors (Lipinski definition) is 2. The van der Waals surface area contributed by atoms with Gasteiger partial charge in [-0.2, -0.15) is 0 Å². The summed E-state index contributed by atoms with van der Waals surface area (Å²) in [6.07, 6.45) is -0.715. The first kappa shape index (κ1) is 11.2. The van der Waals surface area contributed by atoms with Gasteiger partial charge in [-0.3, -0.25) is 0 Å². The number of primary amides is 1. The van der Waals surface area contributed by atoms with Gasteiger partial charge in [-0.15, -0.1) is 0 Å². The minimum absolute atomic E-state index is 0.0167. The number of carbonyl (C=O) groups is 1. The predicted octanol–water partition coefficient (Wildman–Crippen LogP) is 0.879. The van der Waals surface area contributed by atoms with Gasteiger partial charge in [0.05, 0.1) is 6.61 Å². The zero-order valence-electron chi connectivity index (χ0n) is 7.83. The van der Waals surface area contributed by atoms with Crippen molar-refractivity contribution >= 4 is 6.09 Å². The van der Waals surface area contributed by atoms with Crippen LogP contribution in [0.5, 0.6) is 0 Å². The second-order valence-corrected chi connectivity index (χ2v) is 4.01. The van der Waals surface area contributed by atoms with Crippen LogP contribution in [0.1, 0.15) is 27.2 Å². The number of nitrogens with two attached hydrogens (primary N) is 1. The second kappa shape index (κ2) is 4.30. The van der Waals surface area contributed by atoms with E-state index in [-0.39, 0.29) is 12.0 Å². The normalized spacial score (nSPS) is 14.0. The minimum Gasteiger partial charge on any atom is -0.444 e. The topological polar surface area (TPSA) is 72.6 Å². The number of aliphatic hydroxyl groups is 1. The number of carbonyl (C=O) groups excluding carboxylic acids is 1. The summed E-state index contributed by atoms with van der Waals surface area (Å²) in [5.74, 6) is 0. The van der Waals surface area contributed by atoms with E-state index in [0.717, 1.165) is 0 Å². The van der Waals surface area contributed by atoms with Crippen molar-refractivity contribution in [1.29, 1.82) is 0 Å². The highest BCUT2D eigenvalue weighted by molar-refractivity contribution is 5.64. The monoisotopic (exact) mass is 175 g/mol. The van der Waals surface area contributed by atoms with Crippen molar-refractivity contribution in [3.63, 3.8) is 0 Å². The fourth-order valence-electron chi connectivity index (χ4n) is 0.991. The molecule has 4 heteroatoms. The lowest BCUT2D eigenvalue weighted by molar-refractivity contribution is 0.0390. The molecule has 0 heterocycles. The molecule has 0 spiro atoms. The van der Waals surface area contributed by atoms with Crippen molar-refractivity contribution in [3.05, 3.63) is 0 Å². The molecule has 4 nitrogen and oxygen atoms in total. The van der Waals surface area contributed by atoms with E-state index in [1.807, 2.05) is 20.8 Å². The van der Waals surface area contributed by atoms with Gasteiger partial charge in [0.15, 0.2) is 0 Å². The molecule has 0 saturated carbocycles. The van der Waals surface area contributed by atoms with Crippen LogP contribution in [-0.2, 0) is 4.74 Å². The highest BCUT2D eigenvalue weighted by Gasteiger charge is 2.20. The molecule has 0 rings (SSSR count). The van der Waals surface area contributed by atoms with Crippen molar-refractivity contribution in [2.45, 2.75) is 33.3 Å². The molecule has 0 radical (unpaired) electrons. The van der Waals surface area contributed by atoms with E-state index >= 15 is 0 Å².